The smallest absolute Gasteiger partial charge is 0.303 e. The maximum Gasteiger partial charge on any atom is 0.303 e. The highest BCUT2D eigenvalue weighted by atomic mass is 16.5. The molecule has 0 bridgehead atoms. The van der Waals surface area contributed by atoms with Gasteiger partial charge in [0.2, 0.25) is 0 Å². The normalized spacial score (nSPS) is 21.4. The van der Waals surface area contributed by atoms with Crippen molar-refractivity contribution in [2.24, 2.45) is 5.92 Å². The maximum absolute atomic E-state index is 11.0. The first-order valence-corrected chi connectivity index (χ1v) is 6.03. The topological polar surface area (TPSA) is 46.5 Å². The molecule has 1 heterocycles. The van der Waals surface area contributed by atoms with Crippen LogP contribution < -0.4 is 0 Å². The molecular formula is C14H18O3. The quantitative estimate of drug-likeness (QED) is 0.871. The molecule has 0 radical (unpaired) electrons. The van der Waals surface area contributed by atoms with Crippen molar-refractivity contribution in [3.05, 3.63) is 35.4 Å². The predicted octanol–water partition coefficient (Wildman–Crippen LogP) is 2.59. The third kappa shape index (κ3) is 3.07. The number of carbonyl (C=O) groups is 1. The Bertz CT molecular complexity index is 377. The zero-order valence-electron chi connectivity index (χ0n) is 10.1. The van der Waals surface area contributed by atoms with E-state index in [0.717, 1.165) is 18.6 Å². The first-order chi connectivity index (χ1) is 8.16. The summed E-state index contributed by atoms with van der Waals surface area (Å²) in [4.78, 5) is 11.0. The van der Waals surface area contributed by atoms with E-state index in [1.165, 1.54) is 5.56 Å². The van der Waals surface area contributed by atoms with E-state index < -0.39 is 5.97 Å². The van der Waals surface area contributed by atoms with Gasteiger partial charge in [0.15, 0.2) is 0 Å². The highest BCUT2D eigenvalue weighted by Crippen LogP contribution is 2.33. The number of benzene rings is 1. The predicted molar refractivity (Wildman–Crippen MR) is 65.1 cm³/mol. The molecule has 17 heavy (non-hydrogen) atoms. The van der Waals surface area contributed by atoms with Crippen molar-refractivity contribution < 1.29 is 14.6 Å². The molecule has 1 aromatic carbocycles. The fourth-order valence-corrected chi connectivity index (χ4v) is 2.43. The van der Waals surface area contributed by atoms with Gasteiger partial charge in [-0.3, -0.25) is 4.79 Å². The van der Waals surface area contributed by atoms with Crippen molar-refractivity contribution in [3.8, 4) is 0 Å². The third-order valence-electron chi connectivity index (χ3n) is 3.43. The van der Waals surface area contributed by atoms with E-state index in [4.69, 9.17) is 9.84 Å². The van der Waals surface area contributed by atoms with Crippen molar-refractivity contribution in [1.82, 2.24) is 0 Å². The SMILES string of the molecule is Cc1ccc(C(CC(=O)O)C2CCOC2)cc1. The molecule has 0 aromatic heterocycles. The van der Waals surface area contributed by atoms with Crippen LogP contribution in [0.2, 0.25) is 0 Å². The molecule has 0 amide bonds. The van der Waals surface area contributed by atoms with E-state index in [0.29, 0.717) is 12.5 Å². The Kier molecular flexibility index (Phi) is 3.79. The molecule has 2 atom stereocenters. The van der Waals surface area contributed by atoms with Crippen LogP contribution in [0.4, 0.5) is 0 Å². The molecule has 0 aliphatic carbocycles. The van der Waals surface area contributed by atoms with E-state index in [1.54, 1.807) is 0 Å². The average molecular weight is 234 g/mol. The third-order valence-corrected chi connectivity index (χ3v) is 3.43. The molecule has 1 aliphatic heterocycles. The summed E-state index contributed by atoms with van der Waals surface area (Å²) < 4.78 is 5.37. The van der Waals surface area contributed by atoms with Gasteiger partial charge in [-0.1, -0.05) is 29.8 Å². The number of hydrogen-bond acceptors (Lipinski definition) is 2. The van der Waals surface area contributed by atoms with E-state index in [1.807, 2.05) is 31.2 Å². The van der Waals surface area contributed by atoms with Gasteiger partial charge in [-0.25, -0.2) is 0 Å². The van der Waals surface area contributed by atoms with Crippen molar-refractivity contribution in [1.29, 1.82) is 0 Å². The maximum atomic E-state index is 11.0. The minimum Gasteiger partial charge on any atom is -0.481 e. The van der Waals surface area contributed by atoms with Crippen LogP contribution in [0.1, 0.15) is 29.9 Å². The number of aryl methyl sites for hydroxylation is 1. The van der Waals surface area contributed by atoms with Crippen LogP contribution in [0.25, 0.3) is 0 Å². The number of aliphatic carboxylic acids is 1. The number of hydrogen-bond donors (Lipinski definition) is 1. The van der Waals surface area contributed by atoms with Gasteiger partial charge in [0.05, 0.1) is 13.0 Å². The standard InChI is InChI=1S/C14H18O3/c1-10-2-4-11(5-3-10)13(8-14(15)16)12-6-7-17-9-12/h2-5,12-13H,6-9H2,1H3,(H,15,16). The summed E-state index contributed by atoms with van der Waals surface area (Å²) >= 11 is 0. The molecule has 1 saturated heterocycles. The van der Waals surface area contributed by atoms with Crippen LogP contribution in [0.5, 0.6) is 0 Å². The molecule has 3 nitrogen and oxygen atoms in total. The highest BCUT2D eigenvalue weighted by molar-refractivity contribution is 5.68. The lowest BCUT2D eigenvalue weighted by Crippen LogP contribution is -2.17. The lowest BCUT2D eigenvalue weighted by molar-refractivity contribution is -0.137. The van der Waals surface area contributed by atoms with Crippen LogP contribution in [0.3, 0.4) is 0 Å². The van der Waals surface area contributed by atoms with Gasteiger partial charge in [-0.15, -0.1) is 0 Å². The van der Waals surface area contributed by atoms with E-state index in [9.17, 15) is 4.79 Å². The van der Waals surface area contributed by atoms with Crippen LogP contribution in [-0.4, -0.2) is 24.3 Å². The summed E-state index contributed by atoms with van der Waals surface area (Å²) in [7, 11) is 0. The van der Waals surface area contributed by atoms with E-state index >= 15 is 0 Å². The van der Waals surface area contributed by atoms with Gasteiger partial charge >= 0.3 is 5.97 Å². The summed E-state index contributed by atoms with van der Waals surface area (Å²) in [6.07, 6.45) is 1.16. The van der Waals surface area contributed by atoms with Crippen molar-refractivity contribution in [2.45, 2.75) is 25.7 Å². The average Bonchev–Trinajstić information content (AvgIpc) is 2.80. The Labute approximate surface area is 101 Å². The Hall–Kier alpha value is -1.35. The molecule has 2 unspecified atom stereocenters. The van der Waals surface area contributed by atoms with Gasteiger partial charge in [-0.05, 0) is 30.7 Å². The molecule has 0 saturated carbocycles. The molecule has 1 aromatic rings. The first-order valence-electron chi connectivity index (χ1n) is 6.03. The Balaban J connectivity index is 2.19. The lowest BCUT2D eigenvalue weighted by atomic mass is 9.83. The second kappa shape index (κ2) is 5.32. The van der Waals surface area contributed by atoms with E-state index in [2.05, 4.69) is 0 Å². The summed E-state index contributed by atoms with van der Waals surface area (Å²) in [5.41, 5.74) is 2.32. The van der Waals surface area contributed by atoms with Crippen molar-refractivity contribution >= 4 is 5.97 Å². The summed E-state index contributed by atoms with van der Waals surface area (Å²) in [6.45, 7) is 3.48. The number of ether oxygens (including phenoxy) is 1. The monoisotopic (exact) mass is 234 g/mol. The van der Waals surface area contributed by atoms with E-state index in [-0.39, 0.29) is 12.3 Å². The van der Waals surface area contributed by atoms with Crippen LogP contribution in [0.15, 0.2) is 24.3 Å². The summed E-state index contributed by atoms with van der Waals surface area (Å²) in [5, 5.41) is 9.02. The number of carboxylic acid groups (broad SMARTS) is 1. The number of carboxylic acids is 1. The van der Waals surface area contributed by atoms with Crippen LogP contribution in [-0.2, 0) is 9.53 Å². The first kappa shape index (κ1) is 12.1. The molecule has 2 rings (SSSR count). The number of rotatable bonds is 4. The van der Waals surface area contributed by atoms with Crippen LogP contribution in [0, 0.1) is 12.8 Å². The Morgan fingerprint density at radius 1 is 1.47 bits per heavy atom. The molecule has 1 fully saturated rings. The fraction of sp³-hybridized carbons (Fsp3) is 0.500. The fourth-order valence-electron chi connectivity index (χ4n) is 2.43. The summed E-state index contributed by atoms with van der Waals surface area (Å²) in [5.74, 6) is -0.313. The molecule has 1 N–H and O–H groups in total. The minimum absolute atomic E-state index is 0.0793. The van der Waals surface area contributed by atoms with Gasteiger partial charge in [0.1, 0.15) is 0 Å². The highest BCUT2D eigenvalue weighted by Gasteiger charge is 2.28. The lowest BCUT2D eigenvalue weighted by Gasteiger charge is -2.21. The zero-order chi connectivity index (χ0) is 12.3. The second-order valence-corrected chi connectivity index (χ2v) is 4.74. The molecule has 0 spiro atoms. The zero-order valence-corrected chi connectivity index (χ0v) is 10.1. The van der Waals surface area contributed by atoms with Gasteiger partial charge in [-0.2, -0.15) is 0 Å². The van der Waals surface area contributed by atoms with Crippen molar-refractivity contribution in [2.75, 3.05) is 13.2 Å². The van der Waals surface area contributed by atoms with Crippen LogP contribution >= 0.6 is 0 Å². The van der Waals surface area contributed by atoms with Gasteiger partial charge in [0.25, 0.3) is 0 Å². The van der Waals surface area contributed by atoms with Crippen molar-refractivity contribution in [3.63, 3.8) is 0 Å². The molecule has 3 heteroatoms. The molecular weight excluding hydrogens is 216 g/mol. The van der Waals surface area contributed by atoms with Gasteiger partial charge < -0.3 is 9.84 Å². The van der Waals surface area contributed by atoms with Gasteiger partial charge in [0, 0.05) is 6.61 Å². The molecule has 1 aliphatic rings. The Morgan fingerprint density at radius 2 is 2.18 bits per heavy atom. The summed E-state index contributed by atoms with van der Waals surface area (Å²) in [6, 6.07) is 8.17. The molecule has 92 valence electrons. The second-order valence-electron chi connectivity index (χ2n) is 4.74. The largest absolute Gasteiger partial charge is 0.481 e. The minimum atomic E-state index is -0.734. The Morgan fingerprint density at radius 3 is 2.71 bits per heavy atom.